The van der Waals surface area contributed by atoms with Crippen molar-refractivity contribution < 1.29 is 14.2 Å². The maximum absolute atomic E-state index is 6.13. The number of rotatable bonds is 3. The maximum atomic E-state index is 6.13. The molecule has 4 rings (SSSR count). The van der Waals surface area contributed by atoms with Crippen molar-refractivity contribution in [3.63, 3.8) is 0 Å². The Morgan fingerprint density at radius 2 is 1.92 bits per heavy atom. The van der Waals surface area contributed by atoms with Gasteiger partial charge < -0.3 is 19.2 Å². The summed E-state index contributed by atoms with van der Waals surface area (Å²) in [6, 6.07) is 11.7. The van der Waals surface area contributed by atoms with Crippen molar-refractivity contribution in [1.29, 1.82) is 0 Å². The van der Waals surface area contributed by atoms with E-state index in [1.807, 2.05) is 37.3 Å². The molecule has 0 aliphatic carbocycles. The van der Waals surface area contributed by atoms with E-state index in [1.54, 1.807) is 14.2 Å². The topological polar surface area (TPSA) is 56.4 Å². The van der Waals surface area contributed by atoms with Gasteiger partial charge in [-0.05, 0) is 36.2 Å². The molecule has 0 bridgehead atoms. The smallest absolute Gasteiger partial charge is 0.205 e. The number of fused-ring (bicyclic) bond motifs is 2. The van der Waals surface area contributed by atoms with Crippen LogP contribution in [0.5, 0.6) is 23.1 Å². The summed E-state index contributed by atoms with van der Waals surface area (Å²) < 4.78 is 17.3. The Kier molecular flexibility index (Phi) is 4.12. The van der Waals surface area contributed by atoms with Crippen molar-refractivity contribution in [2.45, 2.75) is 13.3 Å². The van der Waals surface area contributed by atoms with Gasteiger partial charge in [-0.25, -0.2) is 4.98 Å². The fourth-order valence-corrected chi connectivity index (χ4v) is 3.39. The van der Waals surface area contributed by atoms with Crippen LogP contribution in [0, 0.1) is 11.6 Å². The Bertz CT molecular complexity index is 1060. The van der Waals surface area contributed by atoms with Crippen LogP contribution < -0.4 is 14.2 Å². The fraction of sp³-hybridized carbons (Fsp3) is 0.200. The monoisotopic (exact) mass is 366 g/mol. The molecule has 6 heteroatoms. The third kappa shape index (κ3) is 2.72. The summed E-state index contributed by atoms with van der Waals surface area (Å²) in [6.45, 7) is 2.04. The largest absolute Gasteiger partial charge is 0.493 e. The summed E-state index contributed by atoms with van der Waals surface area (Å²) in [5.41, 5.74) is 3.97. The molecule has 3 aromatic rings. The molecule has 1 aliphatic heterocycles. The minimum Gasteiger partial charge on any atom is -0.493 e. The minimum atomic E-state index is 0.538. The predicted octanol–water partition coefficient (Wildman–Crippen LogP) is 4.83. The third-order valence-corrected chi connectivity index (χ3v) is 4.84. The van der Waals surface area contributed by atoms with E-state index in [4.69, 9.17) is 26.4 Å². The van der Waals surface area contributed by atoms with Crippen LogP contribution in [0.25, 0.3) is 11.4 Å². The van der Waals surface area contributed by atoms with Gasteiger partial charge in [0.15, 0.2) is 11.5 Å². The van der Waals surface area contributed by atoms with E-state index >= 15 is 0 Å². The van der Waals surface area contributed by atoms with Crippen LogP contribution in [-0.2, 0) is 6.42 Å². The maximum Gasteiger partial charge on any atom is 0.205 e. The number of hydrogen-bond acceptors (Lipinski definition) is 5. The Labute approximate surface area is 156 Å². The van der Waals surface area contributed by atoms with Crippen LogP contribution >= 0.6 is 12.2 Å². The average molecular weight is 366 g/mol. The Balaban J connectivity index is 1.81. The normalized spacial score (nSPS) is 12.0. The number of para-hydroxylation sites is 1. The third-order valence-electron chi connectivity index (χ3n) is 4.50. The van der Waals surface area contributed by atoms with Gasteiger partial charge in [-0.3, -0.25) is 0 Å². The highest BCUT2D eigenvalue weighted by Crippen LogP contribution is 2.39. The lowest BCUT2D eigenvalue weighted by Crippen LogP contribution is -2.09. The molecule has 1 aromatic heterocycles. The first-order chi connectivity index (χ1) is 12.6. The molecular weight excluding hydrogens is 348 g/mol. The summed E-state index contributed by atoms with van der Waals surface area (Å²) in [4.78, 5) is 7.85. The van der Waals surface area contributed by atoms with E-state index in [-0.39, 0.29) is 0 Å². The number of methoxy groups -OCH3 is 2. The van der Waals surface area contributed by atoms with E-state index < -0.39 is 0 Å². The number of ether oxygens (including phenoxy) is 3. The minimum absolute atomic E-state index is 0.538. The van der Waals surface area contributed by atoms with Crippen LogP contribution in [0.2, 0.25) is 0 Å². The quantitative estimate of drug-likeness (QED) is 0.526. The number of H-pyrrole nitrogens is 1. The SMILES string of the molecule is COc1ccc(-c2nc(=S)c3c([nH]2)Oc2c(C)cccc2C3)cc1OC. The van der Waals surface area contributed by atoms with E-state index in [1.165, 1.54) is 0 Å². The zero-order valence-electron chi connectivity index (χ0n) is 14.8. The molecule has 0 unspecified atom stereocenters. The van der Waals surface area contributed by atoms with Crippen LogP contribution in [0.3, 0.4) is 0 Å². The summed E-state index contributed by atoms with van der Waals surface area (Å²) in [6.07, 6.45) is 0.709. The Morgan fingerprint density at radius 3 is 2.69 bits per heavy atom. The number of aromatic nitrogens is 2. The summed E-state index contributed by atoms with van der Waals surface area (Å²) in [5.74, 6) is 3.46. The van der Waals surface area contributed by atoms with Gasteiger partial charge in [0, 0.05) is 12.0 Å². The molecule has 0 saturated carbocycles. The van der Waals surface area contributed by atoms with Crippen LogP contribution in [0.15, 0.2) is 36.4 Å². The standard InChI is InChI=1S/C20H18N2O3S/c1-11-5-4-6-12-9-14-19(25-17(11)12)21-18(22-20(14)26)13-7-8-15(23-2)16(10-13)24-3/h4-8,10H,9H2,1-3H3,(H,21,22,26). The highest BCUT2D eigenvalue weighted by Gasteiger charge is 2.22. The lowest BCUT2D eigenvalue weighted by Gasteiger charge is -2.22. The first-order valence-electron chi connectivity index (χ1n) is 8.22. The number of aromatic amines is 1. The summed E-state index contributed by atoms with van der Waals surface area (Å²) >= 11 is 5.53. The molecule has 0 spiro atoms. The van der Waals surface area contributed by atoms with Gasteiger partial charge in [0.25, 0.3) is 0 Å². The zero-order valence-corrected chi connectivity index (χ0v) is 15.6. The van der Waals surface area contributed by atoms with Crippen molar-refractivity contribution in [1.82, 2.24) is 9.97 Å². The molecule has 0 atom stereocenters. The van der Waals surface area contributed by atoms with Crippen molar-refractivity contribution in [2.75, 3.05) is 14.2 Å². The van der Waals surface area contributed by atoms with Gasteiger partial charge in [-0.2, -0.15) is 0 Å². The highest BCUT2D eigenvalue weighted by molar-refractivity contribution is 7.71. The van der Waals surface area contributed by atoms with Crippen molar-refractivity contribution in [3.8, 4) is 34.5 Å². The lowest BCUT2D eigenvalue weighted by molar-refractivity contribution is 0.355. The van der Waals surface area contributed by atoms with E-state index in [2.05, 4.69) is 16.0 Å². The second-order valence-corrected chi connectivity index (χ2v) is 6.50. The number of aryl methyl sites for hydroxylation is 1. The molecule has 0 saturated heterocycles. The van der Waals surface area contributed by atoms with Crippen molar-refractivity contribution in [2.24, 2.45) is 0 Å². The first kappa shape index (κ1) is 16.6. The van der Waals surface area contributed by atoms with Gasteiger partial charge in [0.2, 0.25) is 5.88 Å². The number of hydrogen-bond donors (Lipinski definition) is 1. The van der Waals surface area contributed by atoms with E-state index in [0.717, 1.165) is 28.0 Å². The highest BCUT2D eigenvalue weighted by atomic mass is 32.1. The van der Waals surface area contributed by atoms with E-state index in [9.17, 15) is 0 Å². The molecular formula is C20H18N2O3S. The molecule has 0 fully saturated rings. The summed E-state index contributed by atoms with van der Waals surface area (Å²) in [7, 11) is 3.21. The molecule has 1 aliphatic rings. The van der Waals surface area contributed by atoms with Gasteiger partial charge in [-0.15, -0.1) is 0 Å². The molecule has 132 valence electrons. The molecule has 1 N–H and O–H groups in total. The predicted molar refractivity (Wildman–Crippen MR) is 102 cm³/mol. The van der Waals surface area contributed by atoms with Crippen molar-refractivity contribution in [3.05, 3.63) is 57.7 Å². The van der Waals surface area contributed by atoms with Crippen molar-refractivity contribution >= 4 is 12.2 Å². The second kappa shape index (κ2) is 6.46. The number of benzene rings is 2. The van der Waals surface area contributed by atoms with Gasteiger partial charge in [0.1, 0.15) is 16.2 Å². The van der Waals surface area contributed by atoms with Gasteiger partial charge in [0.05, 0.1) is 19.8 Å². The van der Waals surface area contributed by atoms with Crippen LogP contribution in [0.4, 0.5) is 0 Å². The Hall–Kier alpha value is -2.86. The molecule has 2 heterocycles. The molecule has 5 nitrogen and oxygen atoms in total. The fourth-order valence-electron chi connectivity index (χ4n) is 3.13. The lowest BCUT2D eigenvalue weighted by atomic mass is 10.0. The zero-order chi connectivity index (χ0) is 18.3. The summed E-state index contributed by atoms with van der Waals surface area (Å²) in [5, 5.41) is 0. The van der Waals surface area contributed by atoms with Gasteiger partial charge >= 0.3 is 0 Å². The Morgan fingerprint density at radius 1 is 1.12 bits per heavy atom. The molecule has 26 heavy (non-hydrogen) atoms. The number of nitrogens with zero attached hydrogens (tertiary/aromatic N) is 1. The second-order valence-electron chi connectivity index (χ2n) is 6.11. The van der Waals surface area contributed by atoms with Gasteiger partial charge in [-0.1, -0.05) is 30.4 Å². The number of nitrogens with one attached hydrogen (secondary N) is 1. The first-order valence-corrected chi connectivity index (χ1v) is 8.63. The average Bonchev–Trinajstić information content (AvgIpc) is 2.66. The van der Waals surface area contributed by atoms with Crippen LogP contribution in [0.1, 0.15) is 16.7 Å². The molecule has 2 aromatic carbocycles. The van der Waals surface area contributed by atoms with Crippen LogP contribution in [-0.4, -0.2) is 24.2 Å². The molecule has 0 radical (unpaired) electrons. The molecule has 0 amide bonds. The van der Waals surface area contributed by atoms with E-state index in [0.29, 0.717) is 34.3 Å².